The molecule has 2 aromatic rings. The average molecular weight is 307 g/mol. The van der Waals surface area contributed by atoms with E-state index in [9.17, 15) is 4.79 Å². The van der Waals surface area contributed by atoms with Crippen LogP contribution in [-0.4, -0.2) is 17.9 Å². The van der Waals surface area contributed by atoms with Crippen LogP contribution in [0.3, 0.4) is 0 Å². The number of carbonyl (C=O) groups is 1. The number of nitrogens with zero attached hydrogens (tertiary/aromatic N) is 1. The van der Waals surface area contributed by atoms with Gasteiger partial charge in [-0.1, -0.05) is 19.4 Å². The van der Waals surface area contributed by atoms with Crippen LogP contribution in [0.25, 0.3) is 10.9 Å². The summed E-state index contributed by atoms with van der Waals surface area (Å²) >= 11 is 3.49. The van der Waals surface area contributed by atoms with Crippen molar-refractivity contribution in [3.63, 3.8) is 0 Å². The predicted octanol–water partition coefficient (Wildman–Crippen LogP) is 3.31. The Morgan fingerprint density at radius 2 is 2.11 bits per heavy atom. The number of carbonyl (C=O) groups excluding carboxylic acids is 1. The lowest BCUT2D eigenvalue weighted by molar-refractivity contribution is 0.0964. The summed E-state index contributed by atoms with van der Waals surface area (Å²) in [4.78, 5) is 16.4. The first kappa shape index (κ1) is 13.0. The van der Waals surface area contributed by atoms with Gasteiger partial charge >= 0.3 is 0 Å². The van der Waals surface area contributed by atoms with Crippen LogP contribution in [0.4, 0.5) is 0 Å². The monoisotopic (exact) mass is 306 g/mol. The maximum absolute atomic E-state index is 11.8. The van der Waals surface area contributed by atoms with E-state index in [0.29, 0.717) is 5.56 Å². The normalized spacial score (nSPS) is 10.6. The van der Waals surface area contributed by atoms with Gasteiger partial charge in [-0.25, -0.2) is 0 Å². The number of halogens is 1. The molecular weight excluding hydrogens is 292 g/mol. The Bertz CT molecular complexity index is 596. The summed E-state index contributed by atoms with van der Waals surface area (Å²) in [5.41, 5.74) is 2.56. The molecule has 0 unspecified atom stereocenters. The summed E-state index contributed by atoms with van der Waals surface area (Å²) in [6.45, 7) is 2.13. The Hall–Kier alpha value is -1.42. The van der Waals surface area contributed by atoms with Crippen molar-refractivity contribution < 1.29 is 4.79 Å². The van der Waals surface area contributed by atoms with E-state index in [1.807, 2.05) is 24.3 Å². The summed E-state index contributed by atoms with van der Waals surface area (Å²) in [6, 6.07) is 7.65. The molecule has 0 spiro atoms. The zero-order chi connectivity index (χ0) is 13.1. The lowest BCUT2D eigenvalue weighted by Crippen LogP contribution is -2.18. The number of aromatic nitrogens is 1. The molecule has 1 aromatic carbocycles. The third-order valence-corrected chi connectivity index (χ3v) is 3.48. The highest BCUT2D eigenvalue weighted by atomic mass is 79.9. The zero-order valence-electron chi connectivity index (χ0n) is 10.5. The molecule has 0 bridgehead atoms. The van der Waals surface area contributed by atoms with Gasteiger partial charge in [0, 0.05) is 28.2 Å². The standard InChI is InChI=1S/C14H15BrN2O/c1-3-4-9-5-6-10-11(14(18)16-2)7-8-12(15)13(10)17-9/h5-8H,3-4H2,1-2H3,(H,16,18). The van der Waals surface area contributed by atoms with Crippen LogP contribution >= 0.6 is 15.9 Å². The predicted molar refractivity (Wildman–Crippen MR) is 76.8 cm³/mol. The molecule has 1 heterocycles. The molecule has 94 valence electrons. The van der Waals surface area contributed by atoms with Gasteiger partial charge < -0.3 is 5.32 Å². The second-order valence-corrected chi connectivity index (χ2v) is 4.98. The van der Waals surface area contributed by atoms with E-state index in [0.717, 1.165) is 33.9 Å². The smallest absolute Gasteiger partial charge is 0.251 e. The molecule has 0 aliphatic carbocycles. The summed E-state index contributed by atoms with van der Waals surface area (Å²) in [6.07, 6.45) is 2.01. The van der Waals surface area contributed by atoms with Crippen molar-refractivity contribution in [2.45, 2.75) is 19.8 Å². The lowest BCUT2D eigenvalue weighted by atomic mass is 10.1. The number of nitrogens with one attached hydrogen (secondary N) is 1. The molecule has 0 radical (unpaired) electrons. The minimum Gasteiger partial charge on any atom is -0.355 e. The van der Waals surface area contributed by atoms with Gasteiger partial charge in [0.2, 0.25) is 0 Å². The summed E-state index contributed by atoms with van der Waals surface area (Å²) in [7, 11) is 1.63. The molecule has 1 amide bonds. The number of rotatable bonds is 3. The average Bonchev–Trinajstić information content (AvgIpc) is 2.39. The van der Waals surface area contributed by atoms with Gasteiger partial charge in [0.15, 0.2) is 0 Å². The second kappa shape index (κ2) is 5.48. The van der Waals surface area contributed by atoms with Crippen LogP contribution in [-0.2, 0) is 6.42 Å². The largest absolute Gasteiger partial charge is 0.355 e. The zero-order valence-corrected chi connectivity index (χ0v) is 12.0. The fourth-order valence-electron chi connectivity index (χ4n) is 1.95. The maximum atomic E-state index is 11.8. The van der Waals surface area contributed by atoms with Gasteiger partial charge in [-0.15, -0.1) is 0 Å². The lowest BCUT2D eigenvalue weighted by Gasteiger charge is -2.08. The molecule has 0 aliphatic rings. The molecule has 0 aliphatic heterocycles. The van der Waals surface area contributed by atoms with Crippen LogP contribution in [0.15, 0.2) is 28.7 Å². The highest BCUT2D eigenvalue weighted by Crippen LogP contribution is 2.26. The molecule has 2 rings (SSSR count). The molecule has 1 aromatic heterocycles. The van der Waals surface area contributed by atoms with E-state index in [4.69, 9.17) is 0 Å². The van der Waals surface area contributed by atoms with Crippen molar-refractivity contribution >= 4 is 32.7 Å². The Kier molecular flexibility index (Phi) is 3.97. The number of hydrogen-bond donors (Lipinski definition) is 1. The quantitative estimate of drug-likeness (QED) is 0.945. The van der Waals surface area contributed by atoms with Gasteiger partial charge in [-0.3, -0.25) is 9.78 Å². The SMILES string of the molecule is CCCc1ccc2c(C(=O)NC)ccc(Br)c2n1. The van der Waals surface area contributed by atoms with E-state index in [1.165, 1.54) is 0 Å². The Labute approximate surface area is 115 Å². The first-order valence-corrected chi connectivity index (χ1v) is 6.77. The van der Waals surface area contributed by atoms with Crippen molar-refractivity contribution in [2.24, 2.45) is 0 Å². The minimum atomic E-state index is -0.0856. The summed E-state index contributed by atoms with van der Waals surface area (Å²) in [5.74, 6) is -0.0856. The molecule has 4 heteroatoms. The third kappa shape index (κ3) is 2.38. The van der Waals surface area contributed by atoms with Gasteiger partial charge in [-0.05, 0) is 40.5 Å². The Morgan fingerprint density at radius 3 is 2.78 bits per heavy atom. The molecule has 1 N–H and O–H groups in total. The van der Waals surface area contributed by atoms with Crippen LogP contribution in [0.2, 0.25) is 0 Å². The molecular formula is C14H15BrN2O. The molecule has 0 fully saturated rings. The van der Waals surface area contributed by atoms with E-state index in [1.54, 1.807) is 7.05 Å². The van der Waals surface area contributed by atoms with E-state index >= 15 is 0 Å². The highest BCUT2D eigenvalue weighted by Gasteiger charge is 2.11. The van der Waals surface area contributed by atoms with Gasteiger partial charge in [0.1, 0.15) is 0 Å². The molecule has 0 saturated heterocycles. The number of fused-ring (bicyclic) bond motifs is 1. The second-order valence-electron chi connectivity index (χ2n) is 4.12. The third-order valence-electron chi connectivity index (χ3n) is 2.84. The van der Waals surface area contributed by atoms with Gasteiger partial charge in [-0.2, -0.15) is 0 Å². The van der Waals surface area contributed by atoms with Crippen molar-refractivity contribution in [3.8, 4) is 0 Å². The van der Waals surface area contributed by atoms with Crippen molar-refractivity contribution in [1.82, 2.24) is 10.3 Å². The van der Waals surface area contributed by atoms with Crippen molar-refractivity contribution in [2.75, 3.05) is 7.05 Å². The Morgan fingerprint density at radius 1 is 1.33 bits per heavy atom. The number of aryl methyl sites for hydroxylation is 1. The van der Waals surface area contributed by atoms with Crippen LogP contribution in [0, 0.1) is 0 Å². The number of amides is 1. The minimum absolute atomic E-state index is 0.0856. The van der Waals surface area contributed by atoms with Crippen LogP contribution in [0.5, 0.6) is 0 Å². The van der Waals surface area contributed by atoms with Gasteiger partial charge in [0.05, 0.1) is 5.52 Å². The topological polar surface area (TPSA) is 42.0 Å². The van der Waals surface area contributed by atoms with Crippen molar-refractivity contribution in [1.29, 1.82) is 0 Å². The first-order valence-electron chi connectivity index (χ1n) is 5.97. The fraction of sp³-hybridized carbons (Fsp3) is 0.286. The van der Waals surface area contributed by atoms with Crippen LogP contribution in [0.1, 0.15) is 29.4 Å². The molecule has 3 nitrogen and oxygen atoms in total. The van der Waals surface area contributed by atoms with E-state index in [2.05, 4.69) is 33.2 Å². The van der Waals surface area contributed by atoms with Crippen molar-refractivity contribution in [3.05, 3.63) is 40.0 Å². The summed E-state index contributed by atoms with van der Waals surface area (Å²) < 4.78 is 0.920. The fourth-order valence-corrected chi connectivity index (χ4v) is 2.39. The number of hydrogen-bond acceptors (Lipinski definition) is 2. The molecule has 0 atom stereocenters. The van der Waals surface area contributed by atoms with E-state index < -0.39 is 0 Å². The highest BCUT2D eigenvalue weighted by molar-refractivity contribution is 9.10. The van der Waals surface area contributed by atoms with Crippen LogP contribution < -0.4 is 5.32 Å². The molecule has 18 heavy (non-hydrogen) atoms. The van der Waals surface area contributed by atoms with Gasteiger partial charge in [0.25, 0.3) is 5.91 Å². The maximum Gasteiger partial charge on any atom is 0.251 e. The first-order chi connectivity index (χ1) is 8.67. The summed E-state index contributed by atoms with van der Waals surface area (Å²) in [5, 5.41) is 3.53. The molecule has 0 saturated carbocycles. The Balaban J connectivity index is 2.64. The number of benzene rings is 1. The number of pyridine rings is 1. The van der Waals surface area contributed by atoms with E-state index in [-0.39, 0.29) is 5.91 Å².